The van der Waals surface area contributed by atoms with Gasteiger partial charge in [-0.1, -0.05) is 72.8 Å². The number of Topliss-reactive ketones (excluding diaryl/α,β-unsaturated/α-hetero) is 2. The van der Waals surface area contributed by atoms with Gasteiger partial charge in [-0.05, 0) is 31.5 Å². The van der Waals surface area contributed by atoms with Gasteiger partial charge in [-0.25, -0.2) is 4.79 Å². The van der Waals surface area contributed by atoms with E-state index in [9.17, 15) is 14.4 Å². The van der Waals surface area contributed by atoms with Crippen LogP contribution in [0.4, 0.5) is 5.69 Å². The molecule has 6 rings (SSSR count). The van der Waals surface area contributed by atoms with Crippen molar-refractivity contribution in [3.63, 3.8) is 0 Å². The smallest absolute Gasteiger partial charge is 0.329 e. The van der Waals surface area contributed by atoms with Gasteiger partial charge >= 0.3 is 5.97 Å². The Morgan fingerprint density at radius 2 is 1.51 bits per heavy atom. The molecule has 186 valence electrons. The number of carbonyl (C=O) groups excluding carboxylic acids is 3. The Morgan fingerprint density at radius 1 is 0.865 bits per heavy atom. The van der Waals surface area contributed by atoms with Crippen LogP contribution in [0.1, 0.15) is 51.6 Å². The van der Waals surface area contributed by atoms with Gasteiger partial charge in [0.1, 0.15) is 17.2 Å². The molecule has 0 bridgehead atoms. The summed E-state index contributed by atoms with van der Waals surface area (Å²) in [6.45, 7) is 4.22. The van der Waals surface area contributed by atoms with Crippen molar-refractivity contribution in [2.24, 2.45) is 5.41 Å². The van der Waals surface area contributed by atoms with Crippen molar-refractivity contribution >= 4 is 29.3 Å². The molecule has 1 fully saturated rings. The van der Waals surface area contributed by atoms with E-state index in [0.29, 0.717) is 29.0 Å². The van der Waals surface area contributed by atoms with Crippen LogP contribution in [0.15, 0.2) is 78.9 Å². The van der Waals surface area contributed by atoms with Gasteiger partial charge in [0.2, 0.25) is 0 Å². The maximum Gasteiger partial charge on any atom is 0.329 e. The third-order valence-electron chi connectivity index (χ3n) is 7.79. The molecule has 0 unspecified atom stereocenters. The molecule has 1 aliphatic carbocycles. The fourth-order valence-electron chi connectivity index (χ4n) is 6.48. The van der Waals surface area contributed by atoms with E-state index in [0.717, 1.165) is 11.3 Å². The highest BCUT2D eigenvalue weighted by Crippen LogP contribution is 2.61. The molecule has 3 aromatic carbocycles. The molecule has 0 N–H and O–H groups in total. The minimum absolute atomic E-state index is 0.181. The van der Waals surface area contributed by atoms with Crippen LogP contribution in [0.5, 0.6) is 5.75 Å². The first-order chi connectivity index (χ1) is 18.1. The quantitative estimate of drug-likeness (QED) is 0.365. The molecule has 1 saturated heterocycles. The molecule has 2 aliphatic heterocycles. The van der Waals surface area contributed by atoms with E-state index < -0.39 is 29.4 Å². The Bertz CT molecular complexity index is 1420. The molecule has 6 heteroatoms. The van der Waals surface area contributed by atoms with Crippen molar-refractivity contribution in [1.29, 1.82) is 0 Å². The van der Waals surface area contributed by atoms with E-state index in [-0.39, 0.29) is 18.2 Å². The summed E-state index contributed by atoms with van der Waals surface area (Å²) in [6.07, 6.45) is 3.85. The summed E-state index contributed by atoms with van der Waals surface area (Å²) < 4.78 is 11.6. The first kappa shape index (κ1) is 23.2. The van der Waals surface area contributed by atoms with E-state index in [2.05, 4.69) is 0 Å². The Kier molecular flexibility index (Phi) is 5.48. The predicted octanol–water partition coefficient (Wildman–Crippen LogP) is 5.08. The van der Waals surface area contributed by atoms with Crippen molar-refractivity contribution in [2.45, 2.75) is 31.8 Å². The molecule has 6 nitrogen and oxygen atoms in total. The second-order valence-electron chi connectivity index (χ2n) is 9.49. The van der Waals surface area contributed by atoms with Crippen LogP contribution >= 0.6 is 0 Å². The maximum atomic E-state index is 14.5. The number of rotatable bonds is 5. The number of ether oxygens (including phenoxy) is 2. The van der Waals surface area contributed by atoms with Crippen molar-refractivity contribution in [2.75, 3.05) is 18.1 Å². The highest BCUT2D eigenvalue weighted by atomic mass is 16.5. The first-order valence-corrected chi connectivity index (χ1v) is 12.7. The van der Waals surface area contributed by atoms with Crippen LogP contribution in [0, 0.1) is 5.41 Å². The minimum Gasteiger partial charge on any atom is -0.494 e. The topological polar surface area (TPSA) is 72.9 Å². The molecular weight excluding hydrogens is 466 g/mol. The number of fused-ring (bicyclic) bond motifs is 5. The SMILES string of the molecule is CCOC(=O)[C@@H]1[C@H](c2ccccc2OCC)C2(C(=O)c3ccccc3C2=O)[C@H]2C=Cc3ccccc3N12. The van der Waals surface area contributed by atoms with E-state index in [1.165, 1.54) is 0 Å². The van der Waals surface area contributed by atoms with Crippen LogP contribution < -0.4 is 9.64 Å². The second kappa shape index (κ2) is 8.73. The minimum atomic E-state index is -1.56. The molecule has 2 heterocycles. The summed E-state index contributed by atoms with van der Waals surface area (Å²) in [5.41, 5.74) is 1.58. The number of hydrogen-bond donors (Lipinski definition) is 0. The molecule has 3 aliphatic rings. The zero-order valence-corrected chi connectivity index (χ0v) is 20.7. The number of esters is 1. The van der Waals surface area contributed by atoms with Crippen LogP contribution in [-0.4, -0.2) is 42.8 Å². The largest absolute Gasteiger partial charge is 0.494 e. The first-order valence-electron chi connectivity index (χ1n) is 12.7. The number of carbonyl (C=O) groups is 3. The molecule has 37 heavy (non-hydrogen) atoms. The van der Waals surface area contributed by atoms with Crippen LogP contribution in [-0.2, 0) is 9.53 Å². The third-order valence-corrected chi connectivity index (χ3v) is 7.79. The number of benzene rings is 3. The lowest BCUT2D eigenvalue weighted by Gasteiger charge is -2.36. The zero-order valence-electron chi connectivity index (χ0n) is 20.7. The molecule has 1 spiro atoms. The van der Waals surface area contributed by atoms with E-state index in [4.69, 9.17) is 9.47 Å². The number of para-hydroxylation sites is 2. The lowest BCUT2D eigenvalue weighted by Crippen LogP contribution is -2.48. The number of ketones is 2. The average molecular weight is 494 g/mol. The van der Waals surface area contributed by atoms with Gasteiger partial charge in [0, 0.05) is 28.3 Å². The molecule has 3 aromatic rings. The molecule has 0 aromatic heterocycles. The second-order valence-corrected chi connectivity index (χ2v) is 9.49. The van der Waals surface area contributed by atoms with Gasteiger partial charge in [-0.2, -0.15) is 0 Å². The maximum absolute atomic E-state index is 14.5. The monoisotopic (exact) mass is 493 g/mol. The van der Waals surface area contributed by atoms with Gasteiger partial charge in [-0.3, -0.25) is 9.59 Å². The lowest BCUT2D eigenvalue weighted by molar-refractivity contribution is -0.145. The Labute approximate surface area is 215 Å². The summed E-state index contributed by atoms with van der Waals surface area (Å²) in [4.78, 5) is 44.8. The average Bonchev–Trinajstić information content (AvgIpc) is 3.36. The Hall–Kier alpha value is -4.19. The van der Waals surface area contributed by atoms with Gasteiger partial charge in [0.25, 0.3) is 0 Å². The summed E-state index contributed by atoms with van der Waals surface area (Å²) in [5, 5.41) is 0. The predicted molar refractivity (Wildman–Crippen MR) is 140 cm³/mol. The zero-order chi connectivity index (χ0) is 25.7. The van der Waals surface area contributed by atoms with Crippen molar-refractivity contribution in [3.05, 3.63) is 101 Å². The summed E-state index contributed by atoms with van der Waals surface area (Å²) >= 11 is 0. The lowest BCUT2D eigenvalue weighted by atomic mass is 9.64. The van der Waals surface area contributed by atoms with Gasteiger partial charge in [-0.15, -0.1) is 0 Å². The molecule has 3 atom stereocenters. The third kappa shape index (κ3) is 3.08. The molecule has 0 radical (unpaired) electrons. The summed E-state index contributed by atoms with van der Waals surface area (Å²) in [6, 6.07) is 20.5. The molecular formula is C31H27NO5. The van der Waals surface area contributed by atoms with E-state index in [1.807, 2.05) is 72.5 Å². The van der Waals surface area contributed by atoms with Crippen LogP contribution in [0.2, 0.25) is 0 Å². The number of nitrogens with zero attached hydrogens (tertiary/aromatic N) is 1. The Balaban J connectivity index is 1.69. The van der Waals surface area contributed by atoms with Crippen molar-refractivity contribution < 1.29 is 23.9 Å². The van der Waals surface area contributed by atoms with Gasteiger partial charge in [0.05, 0.1) is 19.3 Å². The fourth-order valence-corrected chi connectivity index (χ4v) is 6.48. The van der Waals surface area contributed by atoms with E-state index >= 15 is 0 Å². The van der Waals surface area contributed by atoms with Crippen molar-refractivity contribution in [1.82, 2.24) is 0 Å². The van der Waals surface area contributed by atoms with Crippen LogP contribution in [0.3, 0.4) is 0 Å². The van der Waals surface area contributed by atoms with Gasteiger partial charge < -0.3 is 14.4 Å². The standard InChI is InChI=1S/C31H27NO5/c1-3-36-24-16-10-8-14-22(24)26-27(30(35)37-4-2)32-23-15-9-5-11-19(23)17-18-25(32)31(26)28(33)20-12-6-7-13-21(20)29(31)34/h5-18,25-27H,3-4H2,1-2H3/t25-,26+,27+/m1/s1. The Morgan fingerprint density at radius 3 is 2.22 bits per heavy atom. The highest BCUT2D eigenvalue weighted by Gasteiger charge is 2.72. The van der Waals surface area contributed by atoms with Crippen molar-refractivity contribution in [3.8, 4) is 5.75 Å². The van der Waals surface area contributed by atoms with E-state index in [1.54, 1.807) is 31.2 Å². The van der Waals surface area contributed by atoms with Crippen LogP contribution in [0.25, 0.3) is 6.08 Å². The summed E-state index contributed by atoms with van der Waals surface area (Å²) in [5.74, 6) is -1.28. The highest BCUT2D eigenvalue weighted by molar-refractivity contribution is 6.32. The molecule has 0 amide bonds. The van der Waals surface area contributed by atoms with Gasteiger partial charge in [0.15, 0.2) is 11.6 Å². The number of hydrogen-bond acceptors (Lipinski definition) is 6. The normalized spacial score (nSPS) is 22.5. The summed E-state index contributed by atoms with van der Waals surface area (Å²) in [7, 11) is 0. The number of anilines is 1. The molecule has 0 saturated carbocycles. The fraction of sp³-hybridized carbons (Fsp3) is 0.258.